The number of halogens is 1. The first-order valence-corrected chi connectivity index (χ1v) is 10.2. The fraction of sp³-hybridized carbons (Fsp3) is 0.667. The Kier molecular flexibility index (Phi) is 7.47. The molecule has 5 nitrogen and oxygen atoms in total. The summed E-state index contributed by atoms with van der Waals surface area (Å²) in [6.45, 7) is 2.94. The molecular weight excluding hydrogens is 343 g/mol. The van der Waals surface area contributed by atoms with E-state index in [-0.39, 0.29) is 11.9 Å². The van der Waals surface area contributed by atoms with E-state index in [9.17, 15) is 4.39 Å². The lowest BCUT2D eigenvalue weighted by molar-refractivity contribution is 0.106. The monoisotopic (exact) mass is 376 g/mol. The zero-order chi connectivity index (χ0) is 19.1. The van der Waals surface area contributed by atoms with Crippen LogP contribution < -0.4 is 10.6 Å². The lowest BCUT2D eigenvalue weighted by Gasteiger charge is -2.36. The first-order valence-electron chi connectivity index (χ1n) is 10.2. The molecule has 1 aliphatic heterocycles. The smallest absolute Gasteiger partial charge is 0.191 e. The van der Waals surface area contributed by atoms with E-state index in [0.717, 1.165) is 30.4 Å². The molecule has 0 spiro atoms. The highest BCUT2D eigenvalue weighted by molar-refractivity contribution is 5.80. The van der Waals surface area contributed by atoms with Crippen molar-refractivity contribution in [3.05, 3.63) is 35.6 Å². The number of guanidine groups is 1. The standard InChI is InChI=1S/C21H33FN4O/c1-23-21(24-15-20(27-2)16-7-9-17(22)10-8-16)25-18-11-13-26(14-12-18)19-5-3-4-6-19/h7-10,18-20H,3-6,11-15H2,1-2H3,(H2,23,24,25). The number of piperidine rings is 1. The minimum absolute atomic E-state index is 0.145. The summed E-state index contributed by atoms with van der Waals surface area (Å²) >= 11 is 0. The van der Waals surface area contributed by atoms with Crippen molar-refractivity contribution in [3.8, 4) is 0 Å². The molecule has 27 heavy (non-hydrogen) atoms. The topological polar surface area (TPSA) is 48.9 Å². The highest BCUT2D eigenvalue weighted by Crippen LogP contribution is 2.26. The molecule has 0 radical (unpaired) electrons. The van der Waals surface area contributed by atoms with Crippen molar-refractivity contribution in [3.63, 3.8) is 0 Å². The third-order valence-electron chi connectivity index (χ3n) is 5.92. The van der Waals surface area contributed by atoms with Crippen LogP contribution in [0.25, 0.3) is 0 Å². The van der Waals surface area contributed by atoms with Crippen LogP contribution in [0.15, 0.2) is 29.3 Å². The second kappa shape index (κ2) is 10.0. The molecule has 0 aromatic heterocycles. The van der Waals surface area contributed by atoms with Crippen molar-refractivity contribution in [1.82, 2.24) is 15.5 Å². The highest BCUT2D eigenvalue weighted by atomic mass is 19.1. The van der Waals surface area contributed by atoms with Crippen LogP contribution in [0.4, 0.5) is 4.39 Å². The molecule has 1 saturated carbocycles. The number of rotatable bonds is 6. The van der Waals surface area contributed by atoms with Gasteiger partial charge in [-0.15, -0.1) is 0 Å². The van der Waals surface area contributed by atoms with Gasteiger partial charge in [0.2, 0.25) is 0 Å². The lowest BCUT2D eigenvalue weighted by Crippen LogP contribution is -2.50. The first-order chi connectivity index (χ1) is 13.2. The molecule has 150 valence electrons. The summed E-state index contributed by atoms with van der Waals surface area (Å²) in [6, 6.07) is 7.74. The maximum Gasteiger partial charge on any atom is 0.191 e. The Labute approximate surface area is 162 Å². The van der Waals surface area contributed by atoms with Crippen molar-refractivity contribution < 1.29 is 9.13 Å². The van der Waals surface area contributed by atoms with Crippen LogP contribution in [0.1, 0.15) is 50.2 Å². The average molecular weight is 377 g/mol. The molecule has 1 unspecified atom stereocenters. The van der Waals surface area contributed by atoms with Gasteiger partial charge in [-0.1, -0.05) is 25.0 Å². The molecule has 2 aliphatic rings. The quantitative estimate of drug-likeness (QED) is 0.592. The van der Waals surface area contributed by atoms with Crippen molar-refractivity contribution in [2.45, 2.75) is 56.7 Å². The van der Waals surface area contributed by atoms with E-state index in [0.29, 0.717) is 12.6 Å². The third-order valence-corrected chi connectivity index (χ3v) is 5.92. The highest BCUT2D eigenvalue weighted by Gasteiger charge is 2.27. The summed E-state index contributed by atoms with van der Waals surface area (Å²) in [4.78, 5) is 7.04. The Balaban J connectivity index is 1.44. The number of ether oxygens (including phenoxy) is 1. The minimum atomic E-state index is -0.233. The summed E-state index contributed by atoms with van der Waals surface area (Å²) in [6.07, 6.45) is 7.72. The van der Waals surface area contributed by atoms with Crippen LogP contribution in [-0.4, -0.2) is 56.7 Å². The van der Waals surface area contributed by atoms with E-state index in [1.54, 1.807) is 26.3 Å². The minimum Gasteiger partial charge on any atom is -0.375 e. The molecule has 1 aliphatic carbocycles. The average Bonchev–Trinajstić information content (AvgIpc) is 3.24. The number of methoxy groups -OCH3 is 1. The van der Waals surface area contributed by atoms with E-state index < -0.39 is 0 Å². The van der Waals surface area contributed by atoms with Crippen LogP contribution in [-0.2, 0) is 4.74 Å². The molecule has 1 aromatic rings. The summed E-state index contributed by atoms with van der Waals surface area (Å²) < 4.78 is 18.7. The number of aliphatic imine (C=N–C) groups is 1. The molecular formula is C21H33FN4O. The SMILES string of the molecule is CN=C(NCC(OC)c1ccc(F)cc1)NC1CCN(C2CCCC2)CC1. The fourth-order valence-electron chi connectivity index (χ4n) is 4.27. The van der Waals surface area contributed by atoms with Gasteiger partial charge >= 0.3 is 0 Å². The Morgan fingerprint density at radius 3 is 2.44 bits per heavy atom. The maximum absolute atomic E-state index is 13.1. The van der Waals surface area contributed by atoms with E-state index in [4.69, 9.17) is 4.74 Å². The number of nitrogens with zero attached hydrogens (tertiary/aromatic N) is 2. The van der Waals surface area contributed by atoms with Gasteiger partial charge in [-0.05, 0) is 43.4 Å². The predicted molar refractivity (Wildman–Crippen MR) is 107 cm³/mol. The van der Waals surface area contributed by atoms with Gasteiger partial charge in [0.15, 0.2) is 5.96 Å². The normalized spacial score (nSPS) is 21.4. The van der Waals surface area contributed by atoms with Gasteiger partial charge in [-0.3, -0.25) is 4.99 Å². The molecule has 0 amide bonds. The molecule has 2 fully saturated rings. The molecule has 1 heterocycles. The molecule has 1 aromatic carbocycles. The van der Waals surface area contributed by atoms with Gasteiger partial charge in [-0.2, -0.15) is 0 Å². The van der Waals surface area contributed by atoms with E-state index in [2.05, 4.69) is 20.5 Å². The maximum atomic E-state index is 13.1. The summed E-state index contributed by atoms with van der Waals surface area (Å²) in [5.41, 5.74) is 0.951. The van der Waals surface area contributed by atoms with Crippen LogP contribution in [0.3, 0.4) is 0 Å². The number of benzene rings is 1. The largest absolute Gasteiger partial charge is 0.375 e. The second-order valence-corrected chi connectivity index (χ2v) is 7.62. The van der Waals surface area contributed by atoms with E-state index in [1.807, 2.05) is 0 Å². The van der Waals surface area contributed by atoms with Crippen LogP contribution in [0.2, 0.25) is 0 Å². The summed E-state index contributed by atoms with van der Waals surface area (Å²) in [7, 11) is 3.47. The van der Waals surface area contributed by atoms with Crippen LogP contribution >= 0.6 is 0 Å². The Morgan fingerprint density at radius 1 is 1.19 bits per heavy atom. The van der Waals surface area contributed by atoms with Gasteiger partial charge in [0.1, 0.15) is 5.82 Å². The van der Waals surface area contributed by atoms with Crippen molar-refractivity contribution in [1.29, 1.82) is 0 Å². The zero-order valence-corrected chi connectivity index (χ0v) is 16.6. The Morgan fingerprint density at radius 2 is 1.85 bits per heavy atom. The van der Waals surface area contributed by atoms with Crippen LogP contribution in [0, 0.1) is 5.82 Å². The molecule has 0 bridgehead atoms. The van der Waals surface area contributed by atoms with E-state index in [1.165, 1.54) is 50.9 Å². The van der Waals surface area contributed by atoms with Gasteiger partial charge in [0.05, 0.1) is 6.10 Å². The number of hydrogen-bond donors (Lipinski definition) is 2. The number of nitrogens with one attached hydrogen (secondary N) is 2. The Bertz CT molecular complexity index is 593. The number of hydrogen-bond acceptors (Lipinski definition) is 3. The van der Waals surface area contributed by atoms with Gasteiger partial charge < -0.3 is 20.3 Å². The summed E-state index contributed by atoms with van der Waals surface area (Å²) in [5.74, 6) is 0.571. The molecule has 2 N–H and O–H groups in total. The number of likely N-dealkylation sites (tertiary alicyclic amines) is 1. The van der Waals surface area contributed by atoms with Gasteiger partial charge in [0, 0.05) is 45.9 Å². The van der Waals surface area contributed by atoms with Gasteiger partial charge in [0.25, 0.3) is 0 Å². The van der Waals surface area contributed by atoms with Crippen molar-refractivity contribution >= 4 is 5.96 Å². The Hall–Kier alpha value is -1.66. The first kappa shape index (κ1) is 20.1. The summed E-state index contributed by atoms with van der Waals surface area (Å²) in [5, 5.41) is 6.91. The molecule has 6 heteroatoms. The lowest BCUT2D eigenvalue weighted by atomic mass is 10.0. The van der Waals surface area contributed by atoms with Crippen molar-refractivity contribution in [2.24, 2.45) is 4.99 Å². The molecule has 1 atom stereocenters. The molecule has 1 saturated heterocycles. The van der Waals surface area contributed by atoms with Gasteiger partial charge in [-0.25, -0.2) is 4.39 Å². The predicted octanol–water partition coefficient (Wildman–Crippen LogP) is 3.09. The van der Waals surface area contributed by atoms with Crippen LogP contribution in [0.5, 0.6) is 0 Å². The second-order valence-electron chi connectivity index (χ2n) is 7.62. The molecule has 3 rings (SSSR count). The van der Waals surface area contributed by atoms with E-state index >= 15 is 0 Å². The fourth-order valence-corrected chi connectivity index (χ4v) is 4.27. The zero-order valence-electron chi connectivity index (χ0n) is 16.6. The third kappa shape index (κ3) is 5.66. The van der Waals surface area contributed by atoms with Crippen molar-refractivity contribution in [2.75, 3.05) is 33.8 Å².